The van der Waals surface area contributed by atoms with Crippen LogP contribution in [-0.2, 0) is 10.0 Å². The lowest BCUT2D eigenvalue weighted by Crippen LogP contribution is -2.36. The van der Waals surface area contributed by atoms with Crippen molar-refractivity contribution >= 4 is 61.6 Å². The number of sulfonamides is 1. The molecule has 1 aromatic rings. The normalized spacial score (nSPS) is 19.2. The third kappa shape index (κ3) is 4.20. The van der Waals surface area contributed by atoms with E-state index in [1.807, 2.05) is 0 Å². The molecule has 1 heterocycles. The first-order chi connectivity index (χ1) is 8.40. The van der Waals surface area contributed by atoms with E-state index in [0.717, 1.165) is 13.0 Å². The van der Waals surface area contributed by atoms with E-state index in [1.54, 1.807) is 0 Å². The number of rotatable bonds is 3. The van der Waals surface area contributed by atoms with Gasteiger partial charge in [-0.25, -0.2) is 13.1 Å². The standard InChI is InChI=1S/C10H11BrCl2N2O2S.ClH/c11-7-3-10(9(13)4-8(7)12)18(16,17)15-6-1-2-14-5-6;/h3-4,6,14-15H,1-2,5H2;1H. The minimum absolute atomic E-state index is 0. The molecule has 2 N–H and O–H groups in total. The first kappa shape index (κ1) is 17.5. The molecule has 0 saturated carbocycles. The summed E-state index contributed by atoms with van der Waals surface area (Å²) < 4.78 is 27.5. The third-order valence-electron chi connectivity index (χ3n) is 2.65. The van der Waals surface area contributed by atoms with Crippen molar-refractivity contribution in [3.8, 4) is 0 Å². The Labute approximate surface area is 136 Å². The maximum atomic E-state index is 12.2. The highest BCUT2D eigenvalue weighted by Crippen LogP contribution is 2.31. The van der Waals surface area contributed by atoms with Gasteiger partial charge in [0.25, 0.3) is 0 Å². The summed E-state index contributed by atoms with van der Waals surface area (Å²) in [7, 11) is -3.62. The molecule has 0 radical (unpaired) electrons. The zero-order valence-corrected chi connectivity index (χ0v) is 14.4. The Balaban J connectivity index is 0.00000180. The second-order valence-corrected chi connectivity index (χ2v) is 7.36. The Hall–Kier alpha value is 0.440. The zero-order valence-electron chi connectivity index (χ0n) is 9.62. The summed E-state index contributed by atoms with van der Waals surface area (Å²) >= 11 is 15.0. The number of hydrogen-bond acceptors (Lipinski definition) is 3. The molecule has 1 aromatic carbocycles. The summed E-state index contributed by atoms with van der Waals surface area (Å²) in [5.41, 5.74) is 0. The Kier molecular flexibility index (Phi) is 6.38. The smallest absolute Gasteiger partial charge is 0.242 e. The van der Waals surface area contributed by atoms with Gasteiger partial charge in [-0.3, -0.25) is 0 Å². The molecule has 0 amide bonds. The molecule has 2 rings (SSSR count). The lowest BCUT2D eigenvalue weighted by atomic mass is 10.3. The quantitative estimate of drug-likeness (QED) is 0.754. The molecule has 0 spiro atoms. The molecule has 1 atom stereocenters. The van der Waals surface area contributed by atoms with Gasteiger partial charge in [-0.15, -0.1) is 12.4 Å². The molecule has 1 aliphatic heterocycles. The van der Waals surface area contributed by atoms with E-state index in [-0.39, 0.29) is 28.4 Å². The molecule has 0 aromatic heterocycles. The van der Waals surface area contributed by atoms with Gasteiger partial charge in [0.1, 0.15) is 4.90 Å². The first-order valence-electron chi connectivity index (χ1n) is 5.28. The van der Waals surface area contributed by atoms with E-state index < -0.39 is 10.0 Å². The summed E-state index contributed by atoms with van der Waals surface area (Å²) in [6, 6.07) is 2.73. The molecule has 1 saturated heterocycles. The summed E-state index contributed by atoms with van der Waals surface area (Å²) in [5, 5.41) is 3.58. The minimum atomic E-state index is -3.62. The van der Waals surface area contributed by atoms with Crippen molar-refractivity contribution in [1.29, 1.82) is 0 Å². The highest BCUT2D eigenvalue weighted by Gasteiger charge is 2.25. The van der Waals surface area contributed by atoms with Crippen molar-refractivity contribution in [2.45, 2.75) is 17.4 Å². The average molecular weight is 411 g/mol. The molecule has 1 fully saturated rings. The largest absolute Gasteiger partial charge is 0.315 e. The molecule has 9 heteroatoms. The Morgan fingerprint density at radius 3 is 2.58 bits per heavy atom. The van der Waals surface area contributed by atoms with E-state index >= 15 is 0 Å². The Morgan fingerprint density at radius 2 is 2.00 bits per heavy atom. The van der Waals surface area contributed by atoms with Crippen molar-refractivity contribution in [1.82, 2.24) is 10.0 Å². The lowest BCUT2D eigenvalue weighted by Gasteiger charge is -2.13. The third-order valence-corrected chi connectivity index (χ3v) is 5.83. The molecule has 1 aliphatic rings. The van der Waals surface area contributed by atoms with Crippen LogP contribution in [0.15, 0.2) is 21.5 Å². The predicted octanol–water partition coefficient (Wildman–Crippen LogP) is 2.82. The monoisotopic (exact) mass is 408 g/mol. The van der Waals surface area contributed by atoms with Gasteiger partial charge in [0.05, 0.1) is 10.0 Å². The minimum Gasteiger partial charge on any atom is -0.315 e. The van der Waals surface area contributed by atoms with Crippen LogP contribution in [0.3, 0.4) is 0 Å². The molecule has 108 valence electrons. The first-order valence-corrected chi connectivity index (χ1v) is 8.31. The molecule has 0 bridgehead atoms. The van der Waals surface area contributed by atoms with Crippen LogP contribution in [0.1, 0.15) is 6.42 Å². The number of nitrogens with one attached hydrogen (secondary N) is 2. The van der Waals surface area contributed by atoms with Gasteiger partial charge in [-0.1, -0.05) is 23.2 Å². The van der Waals surface area contributed by atoms with E-state index in [9.17, 15) is 8.42 Å². The van der Waals surface area contributed by atoms with E-state index in [0.29, 0.717) is 16.0 Å². The fraction of sp³-hybridized carbons (Fsp3) is 0.400. The van der Waals surface area contributed by atoms with Crippen LogP contribution in [0.4, 0.5) is 0 Å². The predicted molar refractivity (Wildman–Crippen MR) is 83.0 cm³/mol. The number of benzene rings is 1. The molecule has 1 unspecified atom stereocenters. The van der Waals surface area contributed by atoms with Crippen molar-refractivity contribution in [3.63, 3.8) is 0 Å². The van der Waals surface area contributed by atoms with Gasteiger partial charge >= 0.3 is 0 Å². The Morgan fingerprint density at radius 1 is 1.32 bits per heavy atom. The lowest BCUT2D eigenvalue weighted by molar-refractivity contribution is 0.560. The van der Waals surface area contributed by atoms with E-state index in [1.165, 1.54) is 12.1 Å². The van der Waals surface area contributed by atoms with Gasteiger partial charge in [-0.05, 0) is 41.0 Å². The SMILES string of the molecule is Cl.O=S(=O)(NC1CCNC1)c1cc(Br)c(Cl)cc1Cl. The van der Waals surface area contributed by atoms with Crippen LogP contribution in [0, 0.1) is 0 Å². The van der Waals surface area contributed by atoms with Crippen LogP contribution >= 0.6 is 51.5 Å². The number of halogens is 4. The summed E-state index contributed by atoms with van der Waals surface area (Å²) in [6.07, 6.45) is 0.769. The highest BCUT2D eigenvalue weighted by atomic mass is 79.9. The average Bonchev–Trinajstić information content (AvgIpc) is 2.75. The van der Waals surface area contributed by atoms with Crippen LogP contribution < -0.4 is 10.0 Å². The summed E-state index contributed by atoms with van der Waals surface area (Å²) in [5.74, 6) is 0. The van der Waals surface area contributed by atoms with Crippen LogP contribution in [-0.4, -0.2) is 27.5 Å². The van der Waals surface area contributed by atoms with Crippen molar-refractivity contribution in [2.24, 2.45) is 0 Å². The molecule has 4 nitrogen and oxygen atoms in total. The maximum absolute atomic E-state index is 12.2. The molecule has 0 aliphatic carbocycles. The van der Waals surface area contributed by atoms with Crippen LogP contribution in [0.2, 0.25) is 10.0 Å². The van der Waals surface area contributed by atoms with Gasteiger partial charge < -0.3 is 5.32 Å². The van der Waals surface area contributed by atoms with Gasteiger partial charge in [0, 0.05) is 17.1 Å². The van der Waals surface area contributed by atoms with Gasteiger partial charge in [0.2, 0.25) is 10.0 Å². The second kappa shape index (κ2) is 6.93. The molecular formula is C10H12BrCl3N2O2S. The van der Waals surface area contributed by atoms with Crippen molar-refractivity contribution < 1.29 is 8.42 Å². The molecular weight excluding hydrogens is 398 g/mol. The fourth-order valence-corrected chi connectivity index (χ4v) is 4.29. The number of hydrogen-bond donors (Lipinski definition) is 2. The zero-order chi connectivity index (χ0) is 13.3. The van der Waals surface area contributed by atoms with Crippen molar-refractivity contribution in [3.05, 3.63) is 26.7 Å². The second-order valence-electron chi connectivity index (χ2n) is 4.01. The van der Waals surface area contributed by atoms with Crippen LogP contribution in [0.5, 0.6) is 0 Å². The van der Waals surface area contributed by atoms with Gasteiger partial charge in [-0.2, -0.15) is 0 Å². The maximum Gasteiger partial charge on any atom is 0.242 e. The topological polar surface area (TPSA) is 58.2 Å². The summed E-state index contributed by atoms with van der Waals surface area (Å²) in [4.78, 5) is 0.0346. The van der Waals surface area contributed by atoms with Crippen molar-refractivity contribution in [2.75, 3.05) is 13.1 Å². The molecule has 19 heavy (non-hydrogen) atoms. The van der Waals surface area contributed by atoms with Crippen LogP contribution in [0.25, 0.3) is 0 Å². The fourth-order valence-electron chi connectivity index (χ4n) is 1.75. The van der Waals surface area contributed by atoms with E-state index in [4.69, 9.17) is 23.2 Å². The van der Waals surface area contributed by atoms with E-state index in [2.05, 4.69) is 26.0 Å². The Bertz CT molecular complexity index is 562. The summed E-state index contributed by atoms with van der Waals surface area (Å²) in [6.45, 7) is 1.44. The highest BCUT2D eigenvalue weighted by molar-refractivity contribution is 9.10. The van der Waals surface area contributed by atoms with Gasteiger partial charge in [0.15, 0.2) is 0 Å².